The van der Waals surface area contributed by atoms with Gasteiger partial charge >= 0.3 is 0 Å². The van der Waals surface area contributed by atoms with E-state index in [0.717, 1.165) is 28.8 Å². The lowest BCUT2D eigenvalue weighted by Crippen LogP contribution is -2.22. The number of nitrogens with zero attached hydrogens (tertiary/aromatic N) is 1. The summed E-state index contributed by atoms with van der Waals surface area (Å²) in [6.07, 6.45) is 2.11. The second kappa shape index (κ2) is 10.2. The van der Waals surface area contributed by atoms with E-state index < -0.39 is 0 Å². The predicted molar refractivity (Wildman–Crippen MR) is 98.4 cm³/mol. The molecule has 0 aliphatic carbocycles. The van der Waals surface area contributed by atoms with E-state index in [-0.39, 0.29) is 0 Å². The average molecular weight is 307 g/mol. The molecule has 0 spiro atoms. The van der Waals surface area contributed by atoms with Crippen molar-refractivity contribution in [1.82, 2.24) is 0 Å². The molecule has 2 nitrogen and oxygen atoms in total. The Hall–Kier alpha value is -2.53. The summed E-state index contributed by atoms with van der Waals surface area (Å²) >= 11 is 0. The van der Waals surface area contributed by atoms with Crippen LogP contribution in [-0.2, 0) is 11.3 Å². The minimum atomic E-state index is 0.561. The summed E-state index contributed by atoms with van der Waals surface area (Å²) in [5.74, 6) is 6.31. The van der Waals surface area contributed by atoms with E-state index in [1.54, 1.807) is 4.90 Å². The van der Waals surface area contributed by atoms with Gasteiger partial charge in [0.25, 0.3) is 0 Å². The molecular formula is C21H25NO. The molecule has 23 heavy (non-hydrogen) atoms. The summed E-state index contributed by atoms with van der Waals surface area (Å²) in [6.45, 7) is 8.81. The SMILES string of the molecule is CC.CCC.O=CN1Cc2ccccc2C#Cc2ccccc21. The monoisotopic (exact) mass is 307 g/mol. The standard InChI is InChI=1S/C16H11NO.C3H8.C2H6/c18-12-17-11-15-7-2-1-5-13(15)9-10-14-6-3-4-8-16(14)17;1-3-2;1-2/h1-8,12H,11H2;3H2,1-2H3;1-2H3. The van der Waals surface area contributed by atoms with Crippen LogP contribution in [0.2, 0.25) is 0 Å². The van der Waals surface area contributed by atoms with Gasteiger partial charge < -0.3 is 4.90 Å². The zero-order valence-corrected chi connectivity index (χ0v) is 14.5. The van der Waals surface area contributed by atoms with Gasteiger partial charge in [-0.05, 0) is 23.8 Å². The van der Waals surface area contributed by atoms with E-state index in [1.807, 2.05) is 62.4 Å². The zero-order chi connectivity index (χ0) is 17.1. The lowest BCUT2D eigenvalue weighted by atomic mass is 10.0. The van der Waals surface area contributed by atoms with Gasteiger partial charge in [0, 0.05) is 11.1 Å². The summed E-state index contributed by atoms with van der Waals surface area (Å²) in [4.78, 5) is 13.0. The van der Waals surface area contributed by atoms with E-state index >= 15 is 0 Å². The van der Waals surface area contributed by atoms with Gasteiger partial charge in [0.15, 0.2) is 0 Å². The van der Waals surface area contributed by atoms with Crippen LogP contribution in [0.5, 0.6) is 0 Å². The molecular weight excluding hydrogens is 282 g/mol. The second-order valence-corrected chi connectivity index (χ2v) is 4.86. The molecule has 0 unspecified atom stereocenters. The third kappa shape index (κ3) is 5.00. The topological polar surface area (TPSA) is 20.3 Å². The summed E-state index contributed by atoms with van der Waals surface area (Å²) in [5.41, 5.74) is 3.82. The maximum absolute atomic E-state index is 11.3. The number of rotatable bonds is 1. The minimum Gasteiger partial charge on any atom is -0.309 e. The van der Waals surface area contributed by atoms with Gasteiger partial charge in [0.05, 0.1) is 12.2 Å². The van der Waals surface area contributed by atoms with Crippen molar-refractivity contribution in [3.63, 3.8) is 0 Å². The molecule has 0 saturated carbocycles. The molecule has 1 aliphatic rings. The molecule has 1 aliphatic heterocycles. The van der Waals surface area contributed by atoms with Crippen LogP contribution in [0.1, 0.15) is 50.8 Å². The molecule has 2 heteroatoms. The molecule has 2 aromatic rings. The Morgan fingerprint density at radius 3 is 2.13 bits per heavy atom. The Kier molecular flexibility index (Phi) is 8.24. The van der Waals surface area contributed by atoms with Crippen molar-refractivity contribution < 1.29 is 4.79 Å². The number of benzene rings is 2. The van der Waals surface area contributed by atoms with Gasteiger partial charge in [-0.25, -0.2) is 0 Å². The van der Waals surface area contributed by atoms with Gasteiger partial charge in [-0.2, -0.15) is 0 Å². The maximum Gasteiger partial charge on any atom is 0.214 e. The predicted octanol–water partition coefficient (Wildman–Crippen LogP) is 5.01. The third-order valence-electron chi connectivity index (χ3n) is 3.03. The van der Waals surface area contributed by atoms with Crippen LogP contribution >= 0.6 is 0 Å². The lowest BCUT2D eigenvalue weighted by Gasteiger charge is -2.21. The van der Waals surface area contributed by atoms with Gasteiger partial charge in [0.2, 0.25) is 6.41 Å². The lowest BCUT2D eigenvalue weighted by molar-refractivity contribution is -0.107. The first-order chi connectivity index (χ1) is 11.3. The molecule has 0 N–H and O–H groups in total. The number of hydrogen-bond acceptors (Lipinski definition) is 1. The highest BCUT2D eigenvalue weighted by Gasteiger charge is 2.13. The average Bonchev–Trinajstić information content (AvgIpc) is 2.59. The summed E-state index contributed by atoms with van der Waals surface area (Å²) in [6, 6.07) is 15.6. The highest BCUT2D eigenvalue weighted by atomic mass is 16.1. The molecule has 0 fully saturated rings. The molecule has 0 aromatic heterocycles. The minimum absolute atomic E-state index is 0.561. The maximum atomic E-state index is 11.3. The van der Waals surface area contributed by atoms with Crippen LogP contribution in [0.4, 0.5) is 5.69 Å². The molecule has 1 amide bonds. The first-order valence-electron chi connectivity index (χ1n) is 8.21. The number of hydrogen-bond donors (Lipinski definition) is 0. The van der Waals surface area contributed by atoms with Crippen molar-refractivity contribution in [2.24, 2.45) is 0 Å². The van der Waals surface area contributed by atoms with Crippen molar-refractivity contribution in [1.29, 1.82) is 0 Å². The van der Waals surface area contributed by atoms with Crippen LogP contribution in [0.3, 0.4) is 0 Å². The fourth-order valence-electron chi connectivity index (χ4n) is 2.11. The van der Waals surface area contributed by atoms with Gasteiger partial charge in [0.1, 0.15) is 0 Å². The molecule has 2 aromatic carbocycles. The number of amides is 1. The largest absolute Gasteiger partial charge is 0.309 e. The Morgan fingerprint density at radius 2 is 1.48 bits per heavy atom. The molecule has 0 atom stereocenters. The first kappa shape index (κ1) is 18.5. The van der Waals surface area contributed by atoms with E-state index in [1.165, 1.54) is 6.42 Å². The normalized spacial score (nSPS) is 10.7. The Morgan fingerprint density at radius 1 is 0.957 bits per heavy atom. The van der Waals surface area contributed by atoms with Crippen molar-refractivity contribution in [2.45, 2.75) is 40.7 Å². The number of para-hydroxylation sites is 1. The quantitative estimate of drug-likeness (QED) is 0.536. The van der Waals surface area contributed by atoms with E-state index in [4.69, 9.17) is 0 Å². The van der Waals surface area contributed by atoms with Crippen LogP contribution in [0, 0.1) is 11.8 Å². The molecule has 1 heterocycles. The summed E-state index contributed by atoms with van der Waals surface area (Å²) < 4.78 is 0. The Balaban J connectivity index is 0.000000477. The number of carbonyl (C=O) groups excluding carboxylic acids is 1. The van der Waals surface area contributed by atoms with Crippen molar-refractivity contribution in [3.05, 3.63) is 65.2 Å². The Bertz CT molecular complexity index is 679. The summed E-state index contributed by atoms with van der Waals surface area (Å²) in [7, 11) is 0. The summed E-state index contributed by atoms with van der Waals surface area (Å²) in [5, 5.41) is 0. The smallest absolute Gasteiger partial charge is 0.214 e. The van der Waals surface area contributed by atoms with Crippen LogP contribution in [0.15, 0.2) is 48.5 Å². The van der Waals surface area contributed by atoms with Gasteiger partial charge in [-0.15, -0.1) is 0 Å². The van der Waals surface area contributed by atoms with Crippen molar-refractivity contribution >= 4 is 12.1 Å². The van der Waals surface area contributed by atoms with E-state index in [2.05, 4.69) is 25.7 Å². The fourth-order valence-corrected chi connectivity index (χ4v) is 2.11. The molecule has 3 rings (SSSR count). The highest BCUT2D eigenvalue weighted by Crippen LogP contribution is 2.23. The van der Waals surface area contributed by atoms with Gasteiger partial charge in [-0.3, -0.25) is 4.79 Å². The van der Waals surface area contributed by atoms with Gasteiger partial charge in [-0.1, -0.05) is 76.3 Å². The van der Waals surface area contributed by atoms with Crippen LogP contribution in [0.25, 0.3) is 0 Å². The van der Waals surface area contributed by atoms with Crippen molar-refractivity contribution in [2.75, 3.05) is 4.90 Å². The Labute approximate surface area is 140 Å². The van der Waals surface area contributed by atoms with E-state index in [9.17, 15) is 4.79 Å². The molecule has 0 saturated heterocycles. The number of fused-ring (bicyclic) bond motifs is 2. The molecule has 0 bridgehead atoms. The second-order valence-electron chi connectivity index (χ2n) is 4.86. The third-order valence-corrected chi connectivity index (χ3v) is 3.03. The van der Waals surface area contributed by atoms with Crippen LogP contribution in [-0.4, -0.2) is 6.41 Å². The molecule has 120 valence electrons. The molecule has 0 radical (unpaired) electrons. The number of carbonyl (C=O) groups is 1. The van der Waals surface area contributed by atoms with Crippen LogP contribution < -0.4 is 4.90 Å². The zero-order valence-electron chi connectivity index (χ0n) is 14.5. The number of anilines is 1. The first-order valence-corrected chi connectivity index (χ1v) is 8.21. The van der Waals surface area contributed by atoms with Crippen molar-refractivity contribution in [3.8, 4) is 11.8 Å². The fraction of sp³-hybridized carbons (Fsp3) is 0.286. The van der Waals surface area contributed by atoms with E-state index in [0.29, 0.717) is 6.54 Å². The highest BCUT2D eigenvalue weighted by molar-refractivity contribution is 5.80.